The van der Waals surface area contributed by atoms with E-state index in [1.165, 1.54) is 11.1 Å². The highest BCUT2D eigenvalue weighted by Gasteiger charge is 2.34. The third-order valence-electron chi connectivity index (χ3n) is 5.55. The highest BCUT2D eigenvalue weighted by Crippen LogP contribution is 2.42. The molecule has 1 aliphatic heterocycles. The number of phenols is 1. The largest absolute Gasteiger partial charge is 0.497 e. The van der Waals surface area contributed by atoms with E-state index >= 15 is 0 Å². The number of benzene rings is 2. The number of fused-ring (bicyclic) bond motifs is 1. The number of rotatable bonds is 5. The fourth-order valence-electron chi connectivity index (χ4n) is 3.55. The minimum atomic E-state index is -1.19. The molecule has 1 heterocycles. The number of ether oxygens (including phenoxy) is 2. The van der Waals surface area contributed by atoms with Crippen molar-refractivity contribution in [2.24, 2.45) is 0 Å². The van der Waals surface area contributed by atoms with Crippen molar-refractivity contribution in [3.63, 3.8) is 0 Å². The van der Waals surface area contributed by atoms with Crippen molar-refractivity contribution in [2.75, 3.05) is 27.8 Å². The Morgan fingerprint density at radius 2 is 1.52 bits per heavy atom. The van der Waals surface area contributed by atoms with E-state index in [2.05, 4.69) is 31.0 Å². The van der Waals surface area contributed by atoms with Crippen molar-refractivity contribution in [1.82, 2.24) is 4.90 Å². The minimum Gasteiger partial charge on any atom is -0.497 e. The van der Waals surface area contributed by atoms with Gasteiger partial charge < -0.3 is 14.6 Å². The number of nitro benzene ring substituents is 3. The molecule has 2 aromatic rings. The molecule has 1 aliphatic rings. The van der Waals surface area contributed by atoms with E-state index in [1.807, 2.05) is 0 Å². The summed E-state index contributed by atoms with van der Waals surface area (Å²) in [7, 11) is 5.52. The summed E-state index contributed by atoms with van der Waals surface area (Å²) in [4.78, 5) is 30.8. The van der Waals surface area contributed by atoms with Crippen LogP contribution in [0.15, 0.2) is 18.2 Å². The summed E-state index contributed by atoms with van der Waals surface area (Å²) >= 11 is 0. The summed E-state index contributed by atoms with van der Waals surface area (Å²) in [5.74, 6) is 0.463. The molecule has 13 nitrogen and oxygen atoms in total. The quantitative estimate of drug-likeness (QED) is 0.508. The molecule has 1 unspecified atom stereocenters. The van der Waals surface area contributed by atoms with Crippen molar-refractivity contribution in [3.05, 3.63) is 65.2 Å². The van der Waals surface area contributed by atoms with Gasteiger partial charge in [-0.2, -0.15) is 0 Å². The Labute approximate surface area is 188 Å². The maximum absolute atomic E-state index is 10.6. The monoisotopic (exact) mass is 464 g/mol. The third kappa shape index (κ3) is 5.09. The van der Waals surface area contributed by atoms with Crippen LogP contribution >= 0.6 is 0 Å². The number of aromatic hydroxyl groups is 1. The van der Waals surface area contributed by atoms with Crippen LogP contribution in [0.3, 0.4) is 0 Å². The Morgan fingerprint density at radius 1 is 0.970 bits per heavy atom. The SMILES string of the molecule is COc1cc2c(cc1OC)C(C)N(C)CC2.Cc1c([N+](=O)[O-])cc([N+](=O)[O-])c(O)c1[N+](=O)[O-]. The van der Waals surface area contributed by atoms with Crippen LogP contribution in [-0.4, -0.2) is 52.6 Å². The molecule has 0 amide bonds. The van der Waals surface area contributed by atoms with Gasteiger partial charge in [0, 0.05) is 12.6 Å². The van der Waals surface area contributed by atoms with Gasteiger partial charge in [0.1, 0.15) is 5.56 Å². The highest BCUT2D eigenvalue weighted by molar-refractivity contribution is 5.69. The number of hydrogen-bond acceptors (Lipinski definition) is 10. The Morgan fingerprint density at radius 3 is 2.00 bits per heavy atom. The summed E-state index contributed by atoms with van der Waals surface area (Å²) in [5.41, 5.74) is -0.612. The molecule has 0 saturated heterocycles. The van der Waals surface area contributed by atoms with Gasteiger partial charge in [0.15, 0.2) is 11.5 Å². The van der Waals surface area contributed by atoms with Crippen LogP contribution in [0.25, 0.3) is 0 Å². The fourth-order valence-corrected chi connectivity index (χ4v) is 3.55. The minimum absolute atomic E-state index is 0.442. The first kappa shape index (κ1) is 25.3. The number of nitrogens with zero attached hydrogens (tertiary/aromatic N) is 4. The van der Waals surface area contributed by atoms with Crippen LogP contribution in [0.2, 0.25) is 0 Å². The second kappa shape index (κ2) is 10.1. The number of hydrogen-bond donors (Lipinski definition) is 1. The van der Waals surface area contributed by atoms with Crippen molar-refractivity contribution < 1.29 is 29.4 Å². The zero-order chi connectivity index (χ0) is 25.0. The molecule has 178 valence electrons. The van der Waals surface area contributed by atoms with Gasteiger partial charge in [-0.3, -0.25) is 35.2 Å². The van der Waals surface area contributed by atoms with E-state index in [9.17, 15) is 35.4 Å². The number of nitro groups is 3. The molecular weight excluding hydrogens is 440 g/mol. The second-order valence-corrected chi connectivity index (χ2v) is 7.32. The normalized spacial score (nSPS) is 15.0. The molecule has 13 heteroatoms. The predicted octanol–water partition coefficient (Wildman–Crippen LogP) is 3.68. The van der Waals surface area contributed by atoms with Gasteiger partial charge in [-0.1, -0.05) is 0 Å². The molecule has 1 atom stereocenters. The van der Waals surface area contributed by atoms with E-state index < -0.39 is 43.1 Å². The average molecular weight is 464 g/mol. The molecule has 2 aromatic carbocycles. The molecule has 0 fully saturated rings. The summed E-state index contributed by atoms with van der Waals surface area (Å²) in [5, 5.41) is 40.9. The summed E-state index contributed by atoms with van der Waals surface area (Å²) in [6.07, 6.45) is 1.08. The number of likely N-dealkylation sites (N-methyl/N-ethyl adjacent to an activating group) is 1. The van der Waals surface area contributed by atoms with Gasteiger partial charge >= 0.3 is 11.4 Å². The van der Waals surface area contributed by atoms with Gasteiger partial charge in [0.2, 0.25) is 0 Å². The highest BCUT2D eigenvalue weighted by atomic mass is 16.6. The third-order valence-corrected chi connectivity index (χ3v) is 5.55. The van der Waals surface area contributed by atoms with Crippen LogP contribution in [0.1, 0.15) is 29.7 Å². The van der Waals surface area contributed by atoms with Gasteiger partial charge in [-0.05, 0) is 50.6 Å². The molecule has 3 rings (SSSR count). The molecule has 0 saturated carbocycles. The Kier molecular flexibility index (Phi) is 7.72. The second-order valence-electron chi connectivity index (χ2n) is 7.32. The number of phenolic OH excluding ortho intramolecular Hbond substituents is 1. The molecule has 0 aromatic heterocycles. The van der Waals surface area contributed by atoms with E-state index in [1.54, 1.807) is 14.2 Å². The van der Waals surface area contributed by atoms with Crippen LogP contribution in [0.4, 0.5) is 17.1 Å². The lowest BCUT2D eigenvalue weighted by Gasteiger charge is -2.32. The topological polar surface area (TPSA) is 171 Å². The van der Waals surface area contributed by atoms with Crippen LogP contribution in [0.5, 0.6) is 17.2 Å². The predicted molar refractivity (Wildman–Crippen MR) is 117 cm³/mol. The first-order chi connectivity index (χ1) is 15.4. The standard InChI is InChI=1S/C13H19NO2.C7H5N3O7/c1-9-11-8-13(16-4)12(15-3)7-10(11)5-6-14(9)2;1-3-4(8(12)13)2-5(9(14)15)7(11)6(3)10(16)17/h7-9H,5-6H2,1-4H3;2,11H,1H3. The van der Waals surface area contributed by atoms with Gasteiger partial charge in [0.05, 0.1) is 35.1 Å². The van der Waals surface area contributed by atoms with E-state index in [4.69, 9.17) is 9.47 Å². The van der Waals surface area contributed by atoms with E-state index in [0.717, 1.165) is 31.4 Å². The molecule has 0 bridgehead atoms. The van der Waals surface area contributed by atoms with Gasteiger partial charge in [0.25, 0.3) is 11.4 Å². The molecule has 0 aliphatic carbocycles. The van der Waals surface area contributed by atoms with Crippen molar-refractivity contribution in [1.29, 1.82) is 0 Å². The molecule has 33 heavy (non-hydrogen) atoms. The van der Waals surface area contributed by atoms with Crippen LogP contribution in [0, 0.1) is 37.3 Å². The average Bonchev–Trinajstić information content (AvgIpc) is 2.75. The Bertz CT molecular complexity index is 1070. The van der Waals surface area contributed by atoms with Gasteiger partial charge in [-0.15, -0.1) is 0 Å². The van der Waals surface area contributed by atoms with Crippen LogP contribution in [-0.2, 0) is 6.42 Å². The zero-order valence-corrected chi connectivity index (χ0v) is 18.7. The van der Waals surface area contributed by atoms with E-state index in [0.29, 0.717) is 12.1 Å². The molecule has 1 N–H and O–H groups in total. The maximum atomic E-state index is 10.6. The lowest BCUT2D eigenvalue weighted by atomic mass is 9.93. The first-order valence-corrected chi connectivity index (χ1v) is 9.69. The molecule has 0 spiro atoms. The maximum Gasteiger partial charge on any atom is 0.327 e. The molecular formula is C20H24N4O9. The lowest BCUT2D eigenvalue weighted by Crippen LogP contribution is -2.30. The lowest BCUT2D eigenvalue weighted by molar-refractivity contribution is -0.405. The van der Waals surface area contributed by atoms with E-state index in [-0.39, 0.29) is 0 Å². The summed E-state index contributed by atoms with van der Waals surface area (Å²) in [6.45, 7) is 4.35. The molecule has 0 radical (unpaired) electrons. The Hall–Kier alpha value is -4.00. The van der Waals surface area contributed by atoms with Crippen molar-refractivity contribution in [3.8, 4) is 17.2 Å². The first-order valence-electron chi connectivity index (χ1n) is 9.69. The number of methoxy groups -OCH3 is 2. The zero-order valence-electron chi connectivity index (χ0n) is 18.7. The van der Waals surface area contributed by atoms with Crippen molar-refractivity contribution in [2.45, 2.75) is 26.3 Å². The fraction of sp³-hybridized carbons (Fsp3) is 0.400. The smallest absolute Gasteiger partial charge is 0.327 e. The Balaban J connectivity index is 0.000000234. The van der Waals surface area contributed by atoms with Crippen molar-refractivity contribution >= 4 is 17.1 Å². The summed E-state index contributed by atoms with van der Waals surface area (Å²) in [6, 6.07) is 5.15. The van der Waals surface area contributed by atoms with Gasteiger partial charge in [-0.25, -0.2) is 0 Å². The van der Waals surface area contributed by atoms with Crippen LogP contribution < -0.4 is 9.47 Å². The summed E-state index contributed by atoms with van der Waals surface area (Å²) < 4.78 is 10.7.